The number of carbonyl (C=O) groups is 1. The van der Waals surface area contributed by atoms with Gasteiger partial charge >= 0.3 is 6.61 Å². The number of carbonyl (C=O) groups excluding carboxylic acids is 1. The van der Waals surface area contributed by atoms with Crippen LogP contribution in [0.4, 0.5) is 8.78 Å². The van der Waals surface area contributed by atoms with E-state index in [1.807, 2.05) is 0 Å². The van der Waals surface area contributed by atoms with Gasteiger partial charge in [-0.2, -0.15) is 8.78 Å². The fourth-order valence-electron chi connectivity index (χ4n) is 1.49. The first-order valence-corrected chi connectivity index (χ1v) is 6.18. The Morgan fingerprint density at radius 1 is 1.43 bits per heavy atom. The molecule has 1 rings (SSSR count). The van der Waals surface area contributed by atoms with Crippen molar-refractivity contribution in [2.75, 3.05) is 13.7 Å². The van der Waals surface area contributed by atoms with Gasteiger partial charge in [0.2, 0.25) is 5.91 Å². The first kappa shape index (κ1) is 16.9. The van der Waals surface area contributed by atoms with Crippen molar-refractivity contribution in [3.63, 3.8) is 0 Å². The second kappa shape index (κ2) is 8.21. The zero-order chi connectivity index (χ0) is 15.8. The summed E-state index contributed by atoms with van der Waals surface area (Å²) in [7, 11) is 1.33. The molecule has 1 atom stereocenters. The third kappa shape index (κ3) is 5.78. The summed E-state index contributed by atoms with van der Waals surface area (Å²) in [6, 6.07) is 3.97. The highest BCUT2D eigenvalue weighted by molar-refractivity contribution is 5.92. The zero-order valence-electron chi connectivity index (χ0n) is 11.7. The quantitative estimate of drug-likeness (QED) is 0.754. The lowest BCUT2D eigenvalue weighted by Gasteiger charge is -2.10. The van der Waals surface area contributed by atoms with Gasteiger partial charge in [0.15, 0.2) is 11.5 Å². The summed E-state index contributed by atoms with van der Waals surface area (Å²) in [5.74, 6) is -0.312. The Bertz CT molecular complexity index is 506. The van der Waals surface area contributed by atoms with Crippen LogP contribution in [0.3, 0.4) is 0 Å². The molecule has 116 valence electrons. The van der Waals surface area contributed by atoms with Crippen LogP contribution < -0.4 is 14.8 Å². The molecule has 5 nitrogen and oxygen atoms in total. The molecule has 0 spiro atoms. The standard InChI is InChI=1S/C14H17F2NO4/c1-9(8-18)17-13(19)6-4-10-3-5-11(21-14(15)16)12(7-10)20-2/h3-7,9,14,18H,8H2,1-2H3,(H,17,19)/b6-4+. The first-order chi connectivity index (χ1) is 9.96. The maximum Gasteiger partial charge on any atom is 0.387 e. The molecular weight excluding hydrogens is 284 g/mol. The Labute approximate surface area is 121 Å². The predicted molar refractivity (Wildman–Crippen MR) is 73.4 cm³/mol. The Kier molecular flexibility index (Phi) is 6.61. The SMILES string of the molecule is COc1cc(/C=C/C(=O)NC(C)CO)ccc1OC(F)F. The lowest BCUT2D eigenvalue weighted by molar-refractivity contribution is -0.117. The highest BCUT2D eigenvalue weighted by Gasteiger charge is 2.10. The van der Waals surface area contributed by atoms with Gasteiger partial charge in [0.25, 0.3) is 0 Å². The third-order valence-corrected chi connectivity index (χ3v) is 2.49. The molecule has 0 heterocycles. The number of amides is 1. The maximum atomic E-state index is 12.2. The lowest BCUT2D eigenvalue weighted by atomic mass is 10.2. The number of hydrogen-bond donors (Lipinski definition) is 2. The zero-order valence-corrected chi connectivity index (χ0v) is 11.7. The van der Waals surface area contributed by atoms with Crippen molar-refractivity contribution < 1.29 is 28.2 Å². The minimum atomic E-state index is -2.94. The third-order valence-electron chi connectivity index (χ3n) is 2.49. The normalized spacial score (nSPS) is 12.5. The van der Waals surface area contributed by atoms with Gasteiger partial charge in [-0.15, -0.1) is 0 Å². The Morgan fingerprint density at radius 3 is 2.71 bits per heavy atom. The second-order valence-electron chi connectivity index (χ2n) is 4.21. The van der Waals surface area contributed by atoms with Crippen LogP contribution in [0.25, 0.3) is 6.08 Å². The molecule has 7 heteroatoms. The van der Waals surface area contributed by atoms with Crippen LogP contribution in [-0.4, -0.2) is 37.4 Å². The molecular formula is C14H17F2NO4. The molecule has 1 aromatic carbocycles. The number of ether oxygens (including phenoxy) is 2. The topological polar surface area (TPSA) is 67.8 Å². The van der Waals surface area contributed by atoms with Crippen LogP contribution in [0.1, 0.15) is 12.5 Å². The van der Waals surface area contributed by atoms with E-state index in [1.165, 1.54) is 37.5 Å². The summed E-state index contributed by atoms with van der Waals surface area (Å²) in [6.07, 6.45) is 2.77. The summed E-state index contributed by atoms with van der Waals surface area (Å²) in [6.45, 7) is -1.44. The van der Waals surface area contributed by atoms with E-state index < -0.39 is 6.61 Å². The maximum absolute atomic E-state index is 12.2. The highest BCUT2D eigenvalue weighted by atomic mass is 19.3. The van der Waals surface area contributed by atoms with Crippen molar-refractivity contribution >= 4 is 12.0 Å². The van der Waals surface area contributed by atoms with Crippen LogP contribution in [0.5, 0.6) is 11.5 Å². The molecule has 0 radical (unpaired) electrons. The van der Waals surface area contributed by atoms with Crippen LogP contribution in [-0.2, 0) is 4.79 Å². The van der Waals surface area contributed by atoms with E-state index >= 15 is 0 Å². The number of hydrogen-bond acceptors (Lipinski definition) is 4. The van der Waals surface area contributed by atoms with Gasteiger partial charge < -0.3 is 19.9 Å². The first-order valence-electron chi connectivity index (χ1n) is 6.18. The van der Waals surface area contributed by atoms with Crippen molar-refractivity contribution in [1.82, 2.24) is 5.32 Å². The van der Waals surface area contributed by atoms with Gasteiger partial charge in [0.1, 0.15) is 0 Å². The van der Waals surface area contributed by atoms with Crippen molar-refractivity contribution in [1.29, 1.82) is 0 Å². The molecule has 0 aromatic heterocycles. The highest BCUT2D eigenvalue weighted by Crippen LogP contribution is 2.29. The molecule has 0 saturated heterocycles. The van der Waals surface area contributed by atoms with Gasteiger partial charge in [-0.3, -0.25) is 4.79 Å². The number of methoxy groups -OCH3 is 1. The summed E-state index contributed by atoms with van der Waals surface area (Å²) >= 11 is 0. The molecule has 0 fully saturated rings. The second-order valence-corrected chi connectivity index (χ2v) is 4.21. The number of alkyl halides is 2. The minimum absolute atomic E-state index is 0.0806. The van der Waals surface area contributed by atoms with Crippen molar-refractivity contribution in [2.24, 2.45) is 0 Å². The van der Waals surface area contributed by atoms with E-state index in [0.29, 0.717) is 5.56 Å². The predicted octanol–water partition coefficient (Wildman–Crippen LogP) is 1.81. The molecule has 1 amide bonds. The van der Waals surface area contributed by atoms with Crippen LogP contribution in [0, 0.1) is 0 Å². The van der Waals surface area contributed by atoms with E-state index in [2.05, 4.69) is 10.1 Å². The fourth-order valence-corrected chi connectivity index (χ4v) is 1.49. The average molecular weight is 301 g/mol. The number of aliphatic hydroxyl groups excluding tert-OH is 1. The molecule has 0 aliphatic carbocycles. The van der Waals surface area contributed by atoms with Gasteiger partial charge in [-0.05, 0) is 30.7 Å². The minimum Gasteiger partial charge on any atom is -0.493 e. The van der Waals surface area contributed by atoms with Gasteiger partial charge in [-0.1, -0.05) is 6.07 Å². The molecule has 0 aliphatic heterocycles. The van der Waals surface area contributed by atoms with Gasteiger partial charge in [0, 0.05) is 12.1 Å². The van der Waals surface area contributed by atoms with Crippen LogP contribution in [0.15, 0.2) is 24.3 Å². The average Bonchev–Trinajstić information content (AvgIpc) is 2.45. The van der Waals surface area contributed by atoms with Crippen LogP contribution >= 0.6 is 0 Å². The largest absolute Gasteiger partial charge is 0.493 e. The Hall–Kier alpha value is -2.15. The number of rotatable bonds is 7. The van der Waals surface area contributed by atoms with Crippen molar-refractivity contribution in [3.05, 3.63) is 29.8 Å². The lowest BCUT2D eigenvalue weighted by Crippen LogP contribution is -2.33. The van der Waals surface area contributed by atoms with E-state index in [-0.39, 0.29) is 30.1 Å². The molecule has 0 saturated carbocycles. The van der Waals surface area contributed by atoms with Crippen LogP contribution in [0.2, 0.25) is 0 Å². The van der Waals surface area contributed by atoms with E-state index in [0.717, 1.165) is 0 Å². The van der Waals surface area contributed by atoms with Gasteiger partial charge in [-0.25, -0.2) is 0 Å². The summed E-state index contributed by atoms with van der Waals surface area (Å²) in [5.41, 5.74) is 0.584. The molecule has 0 bridgehead atoms. The molecule has 1 unspecified atom stereocenters. The molecule has 21 heavy (non-hydrogen) atoms. The number of nitrogens with one attached hydrogen (secondary N) is 1. The summed E-state index contributed by atoms with van der Waals surface area (Å²) < 4.78 is 33.6. The number of benzene rings is 1. The Balaban J connectivity index is 2.78. The summed E-state index contributed by atoms with van der Waals surface area (Å²) in [5, 5.41) is 11.3. The Morgan fingerprint density at radius 2 is 2.14 bits per heavy atom. The number of halogens is 2. The molecule has 2 N–H and O–H groups in total. The van der Waals surface area contributed by atoms with E-state index in [9.17, 15) is 13.6 Å². The van der Waals surface area contributed by atoms with E-state index in [4.69, 9.17) is 9.84 Å². The van der Waals surface area contributed by atoms with Crippen molar-refractivity contribution in [2.45, 2.75) is 19.6 Å². The molecule has 1 aromatic rings. The smallest absolute Gasteiger partial charge is 0.387 e. The van der Waals surface area contributed by atoms with Crippen molar-refractivity contribution in [3.8, 4) is 11.5 Å². The number of aliphatic hydroxyl groups is 1. The summed E-state index contributed by atoms with van der Waals surface area (Å²) in [4.78, 5) is 11.5. The van der Waals surface area contributed by atoms with Gasteiger partial charge in [0.05, 0.1) is 13.7 Å². The van der Waals surface area contributed by atoms with E-state index in [1.54, 1.807) is 6.92 Å². The molecule has 0 aliphatic rings. The monoisotopic (exact) mass is 301 g/mol. The fraction of sp³-hybridized carbons (Fsp3) is 0.357.